The van der Waals surface area contributed by atoms with Crippen LogP contribution in [0.5, 0.6) is 0 Å². The van der Waals surface area contributed by atoms with Crippen molar-refractivity contribution in [3.05, 3.63) is 39.4 Å². The number of nitrogens with zero attached hydrogens (tertiary/aromatic N) is 2. The van der Waals surface area contributed by atoms with Gasteiger partial charge in [0, 0.05) is 5.56 Å². The van der Waals surface area contributed by atoms with Crippen LogP contribution in [0.15, 0.2) is 18.2 Å². The van der Waals surface area contributed by atoms with Crippen LogP contribution >= 0.6 is 0 Å². The van der Waals surface area contributed by atoms with Crippen molar-refractivity contribution in [1.82, 2.24) is 4.90 Å². The lowest BCUT2D eigenvalue weighted by molar-refractivity contribution is -0.385. The molecular formula is C12H12N2O7. The number of amides is 1. The van der Waals surface area contributed by atoms with Gasteiger partial charge in [0.15, 0.2) is 0 Å². The highest BCUT2D eigenvalue weighted by Gasteiger charge is 2.28. The largest absolute Gasteiger partial charge is 0.480 e. The van der Waals surface area contributed by atoms with Crippen molar-refractivity contribution >= 4 is 23.5 Å². The summed E-state index contributed by atoms with van der Waals surface area (Å²) in [7, 11) is 0. The lowest BCUT2D eigenvalue weighted by Gasteiger charge is -2.18. The Kier molecular flexibility index (Phi) is 4.95. The van der Waals surface area contributed by atoms with Gasteiger partial charge in [0.1, 0.15) is 18.7 Å². The van der Waals surface area contributed by atoms with Crippen LogP contribution in [-0.4, -0.2) is 51.0 Å². The predicted octanol–water partition coefficient (Wildman–Crippen LogP) is 0.515. The molecule has 0 heterocycles. The van der Waals surface area contributed by atoms with Crippen molar-refractivity contribution in [3.63, 3.8) is 0 Å². The van der Waals surface area contributed by atoms with Gasteiger partial charge in [-0.2, -0.15) is 0 Å². The Balaban J connectivity index is 3.26. The lowest BCUT2D eigenvalue weighted by atomic mass is 10.1. The van der Waals surface area contributed by atoms with Crippen molar-refractivity contribution in [2.24, 2.45) is 0 Å². The highest BCUT2D eigenvalue weighted by molar-refractivity contribution is 6.01. The summed E-state index contributed by atoms with van der Waals surface area (Å²) >= 11 is 0. The van der Waals surface area contributed by atoms with Gasteiger partial charge in [-0.3, -0.25) is 24.5 Å². The summed E-state index contributed by atoms with van der Waals surface area (Å²) in [5, 5.41) is 28.4. The van der Waals surface area contributed by atoms with E-state index in [2.05, 4.69) is 0 Å². The van der Waals surface area contributed by atoms with E-state index in [0.29, 0.717) is 4.90 Å². The Morgan fingerprint density at radius 3 is 2.14 bits per heavy atom. The lowest BCUT2D eigenvalue weighted by Crippen LogP contribution is -2.39. The first kappa shape index (κ1) is 16.1. The highest BCUT2D eigenvalue weighted by Crippen LogP contribution is 2.24. The first-order valence-corrected chi connectivity index (χ1v) is 5.71. The summed E-state index contributed by atoms with van der Waals surface area (Å²) in [5.41, 5.74) is -0.595. The van der Waals surface area contributed by atoms with Crippen LogP contribution in [0, 0.1) is 17.0 Å². The fourth-order valence-corrected chi connectivity index (χ4v) is 1.77. The average molecular weight is 296 g/mol. The van der Waals surface area contributed by atoms with Crippen LogP contribution < -0.4 is 0 Å². The standard InChI is InChI=1S/C12H12N2O7/c1-7-3-2-4-8(11(7)14(20)21)12(19)13(5-9(15)16)6-10(17)18/h2-4H,5-6H2,1H3,(H,15,16)(H,17,18). The van der Waals surface area contributed by atoms with Crippen LogP contribution in [0.3, 0.4) is 0 Å². The van der Waals surface area contributed by atoms with E-state index < -0.39 is 41.5 Å². The number of rotatable bonds is 6. The van der Waals surface area contributed by atoms with E-state index in [1.165, 1.54) is 19.1 Å². The molecule has 1 amide bonds. The molecule has 0 aliphatic heterocycles. The second kappa shape index (κ2) is 6.46. The second-order valence-electron chi connectivity index (χ2n) is 4.18. The maximum absolute atomic E-state index is 12.2. The molecule has 1 rings (SSSR count). The minimum atomic E-state index is -1.42. The third kappa shape index (κ3) is 4.00. The highest BCUT2D eigenvalue weighted by atomic mass is 16.6. The molecule has 1 aromatic rings. The van der Waals surface area contributed by atoms with E-state index in [1.807, 2.05) is 0 Å². The zero-order valence-electron chi connectivity index (χ0n) is 11.0. The third-order valence-corrected chi connectivity index (χ3v) is 2.59. The van der Waals surface area contributed by atoms with E-state index in [-0.39, 0.29) is 11.1 Å². The number of nitro groups is 1. The van der Waals surface area contributed by atoms with Crippen molar-refractivity contribution < 1.29 is 29.5 Å². The van der Waals surface area contributed by atoms with Gasteiger partial charge >= 0.3 is 11.9 Å². The summed E-state index contributed by atoms with van der Waals surface area (Å²) in [6, 6.07) is 3.98. The first-order valence-electron chi connectivity index (χ1n) is 5.71. The summed E-state index contributed by atoms with van der Waals surface area (Å²) in [4.78, 5) is 44.3. The first-order chi connectivity index (χ1) is 9.73. The van der Waals surface area contributed by atoms with Crippen LogP contribution in [0.4, 0.5) is 5.69 Å². The van der Waals surface area contributed by atoms with Gasteiger partial charge in [0.2, 0.25) is 0 Å². The van der Waals surface area contributed by atoms with Gasteiger partial charge in [-0.15, -0.1) is 0 Å². The number of carboxylic acid groups (broad SMARTS) is 2. The number of benzene rings is 1. The van der Waals surface area contributed by atoms with E-state index in [4.69, 9.17) is 10.2 Å². The number of hydrogen-bond donors (Lipinski definition) is 2. The second-order valence-corrected chi connectivity index (χ2v) is 4.18. The van der Waals surface area contributed by atoms with Crippen LogP contribution in [0.25, 0.3) is 0 Å². The van der Waals surface area contributed by atoms with Crippen LogP contribution in [0.1, 0.15) is 15.9 Å². The number of hydrogen-bond acceptors (Lipinski definition) is 5. The molecule has 0 bridgehead atoms. The normalized spacial score (nSPS) is 9.95. The smallest absolute Gasteiger partial charge is 0.323 e. The number of carboxylic acids is 2. The van der Waals surface area contributed by atoms with Crippen molar-refractivity contribution in [2.45, 2.75) is 6.92 Å². The Bertz CT molecular complexity index is 596. The number of aryl methyl sites for hydroxylation is 1. The van der Waals surface area contributed by atoms with Crippen molar-refractivity contribution in [3.8, 4) is 0 Å². The molecule has 9 nitrogen and oxygen atoms in total. The molecule has 0 spiro atoms. The van der Waals surface area contributed by atoms with E-state index in [9.17, 15) is 24.5 Å². The number of nitro benzene ring substituents is 1. The molecule has 9 heteroatoms. The van der Waals surface area contributed by atoms with Gasteiger partial charge < -0.3 is 15.1 Å². The maximum Gasteiger partial charge on any atom is 0.323 e. The molecule has 0 saturated heterocycles. The average Bonchev–Trinajstić information content (AvgIpc) is 2.35. The van der Waals surface area contributed by atoms with E-state index >= 15 is 0 Å². The zero-order valence-corrected chi connectivity index (χ0v) is 11.0. The Labute approximate surface area is 118 Å². The molecule has 0 aliphatic rings. The number of carbonyl (C=O) groups excluding carboxylic acids is 1. The molecule has 0 fully saturated rings. The molecule has 0 radical (unpaired) electrons. The Morgan fingerprint density at radius 2 is 1.71 bits per heavy atom. The molecule has 0 saturated carbocycles. The summed E-state index contributed by atoms with van der Waals surface area (Å²) in [6.07, 6.45) is 0. The summed E-state index contributed by atoms with van der Waals surface area (Å²) in [5.74, 6) is -3.85. The van der Waals surface area contributed by atoms with Gasteiger partial charge in [0.05, 0.1) is 4.92 Å². The zero-order chi connectivity index (χ0) is 16.2. The fraction of sp³-hybridized carbons (Fsp3) is 0.250. The molecule has 0 aromatic heterocycles. The SMILES string of the molecule is Cc1cccc(C(=O)N(CC(=O)O)CC(=O)O)c1[N+](=O)[O-]. The van der Waals surface area contributed by atoms with E-state index in [0.717, 1.165) is 6.07 Å². The third-order valence-electron chi connectivity index (χ3n) is 2.59. The Morgan fingerprint density at radius 1 is 1.19 bits per heavy atom. The van der Waals surface area contributed by atoms with Crippen molar-refractivity contribution in [1.29, 1.82) is 0 Å². The Hall–Kier alpha value is -2.97. The number of para-hydroxylation sites is 1. The van der Waals surface area contributed by atoms with Gasteiger partial charge in [-0.05, 0) is 13.0 Å². The van der Waals surface area contributed by atoms with Crippen molar-refractivity contribution in [2.75, 3.05) is 13.1 Å². The quantitative estimate of drug-likeness (QED) is 0.576. The molecule has 21 heavy (non-hydrogen) atoms. The van der Waals surface area contributed by atoms with E-state index in [1.54, 1.807) is 0 Å². The molecule has 1 aromatic carbocycles. The molecule has 0 atom stereocenters. The monoisotopic (exact) mass is 296 g/mol. The van der Waals surface area contributed by atoms with Gasteiger partial charge in [-0.25, -0.2) is 0 Å². The fourth-order valence-electron chi connectivity index (χ4n) is 1.77. The molecule has 0 unspecified atom stereocenters. The topological polar surface area (TPSA) is 138 Å². The van der Waals surface area contributed by atoms with Crippen LogP contribution in [0.2, 0.25) is 0 Å². The van der Waals surface area contributed by atoms with Gasteiger partial charge in [-0.1, -0.05) is 12.1 Å². The number of aliphatic carboxylic acids is 2. The minimum absolute atomic E-state index is 0.219. The molecular weight excluding hydrogens is 284 g/mol. The minimum Gasteiger partial charge on any atom is -0.480 e. The maximum atomic E-state index is 12.2. The molecule has 0 aliphatic carbocycles. The predicted molar refractivity (Wildman–Crippen MR) is 69.0 cm³/mol. The van der Waals surface area contributed by atoms with Crippen LogP contribution in [-0.2, 0) is 9.59 Å². The molecule has 2 N–H and O–H groups in total. The number of carbonyl (C=O) groups is 3. The summed E-state index contributed by atoms with van der Waals surface area (Å²) in [6.45, 7) is -0.305. The molecule has 112 valence electrons. The summed E-state index contributed by atoms with van der Waals surface area (Å²) < 4.78 is 0. The van der Waals surface area contributed by atoms with Gasteiger partial charge in [0.25, 0.3) is 11.6 Å².